The van der Waals surface area contributed by atoms with Gasteiger partial charge in [0, 0.05) is 12.1 Å². The van der Waals surface area contributed by atoms with Crippen molar-refractivity contribution in [3.8, 4) is 0 Å². The Kier molecular flexibility index (Phi) is 3.80. The minimum absolute atomic E-state index is 0.0504. The Morgan fingerprint density at radius 3 is 3.12 bits per heavy atom. The standard InChI is InChI=1S/C17H16ClN5O2/c1-22-16-13(7-20-22)17(25)23(9-19-16)8-15(24)21-14-5-2-10-6-11(18)3-4-12(10)14/h3-4,6-7,9,14H,2,5,8H2,1H3,(H,21,24)/t14-/m1/s1. The van der Waals surface area contributed by atoms with Crippen LogP contribution in [0.15, 0.2) is 35.5 Å². The van der Waals surface area contributed by atoms with Crippen LogP contribution in [0.25, 0.3) is 11.0 Å². The molecule has 0 radical (unpaired) electrons. The number of nitrogens with zero attached hydrogens (tertiary/aromatic N) is 4. The number of nitrogens with one attached hydrogen (secondary N) is 1. The summed E-state index contributed by atoms with van der Waals surface area (Å²) in [5.41, 5.74) is 2.48. The minimum Gasteiger partial charge on any atom is -0.348 e. The molecule has 0 unspecified atom stereocenters. The van der Waals surface area contributed by atoms with E-state index in [0.717, 1.165) is 24.0 Å². The molecule has 1 aliphatic carbocycles. The maximum atomic E-state index is 12.4. The number of fused-ring (bicyclic) bond motifs is 2. The van der Waals surface area contributed by atoms with Gasteiger partial charge >= 0.3 is 0 Å². The Bertz CT molecular complexity index is 1040. The third-order valence-electron chi connectivity index (χ3n) is 4.55. The third-order valence-corrected chi connectivity index (χ3v) is 4.79. The van der Waals surface area contributed by atoms with Gasteiger partial charge in [-0.1, -0.05) is 17.7 Å². The van der Waals surface area contributed by atoms with Crippen molar-refractivity contribution in [3.63, 3.8) is 0 Å². The molecule has 0 saturated heterocycles. The van der Waals surface area contributed by atoms with E-state index < -0.39 is 0 Å². The molecule has 0 aliphatic heterocycles. The molecule has 0 spiro atoms. The average molecular weight is 358 g/mol. The second kappa shape index (κ2) is 6.00. The molecule has 2 heterocycles. The lowest BCUT2D eigenvalue weighted by molar-refractivity contribution is -0.122. The Morgan fingerprint density at radius 2 is 2.28 bits per heavy atom. The number of aryl methyl sites for hydroxylation is 2. The van der Waals surface area contributed by atoms with Crippen molar-refractivity contribution < 1.29 is 4.79 Å². The van der Waals surface area contributed by atoms with Crippen LogP contribution in [0, 0.1) is 0 Å². The van der Waals surface area contributed by atoms with E-state index in [0.29, 0.717) is 16.1 Å². The summed E-state index contributed by atoms with van der Waals surface area (Å²) in [7, 11) is 1.72. The van der Waals surface area contributed by atoms with E-state index in [9.17, 15) is 9.59 Å². The fourth-order valence-electron chi connectivity index (χ4n) is 3.31. The van der Waals surface area contributed by atoms with Crippen LogP contribution in [0.1, 0.15) is 23.6 Å². The molecule has 0 bridgehead atoms. The van der Waals surface area contributed by atoms with E-state index in [-0.39, 0.29) is 24.1 Å². The van der Waals surface area contributed by atoms with Gasteiger partial charge < -0.3 is 5.32 Å². The summed E-state index contributed by atoms with van der Waals surface area (Å²) in [6.07, 6.45) is 4.56. The van der Waals surface area contributed by atoms with E-state index in [1.165, 1.54) is 21.8 Å². The number of hydrogen-bond donors (Lipinski definition) is 1. The number of hydrogen-bond acceptors (Lipinski definition) is 4. The zero-order chi connectivity index (χ0) is 17.6. The fourth-order valence-corrected chi connectivity index (χ4v) is 3.50. The van der Waals surface area contributed by atoms with Gasteiger partial charge in [-0.25, -0.2) is 4.98 Å². The molecule has 1 aromatic carbocycles. The molecular formula is C17H16ClN5O2. The molecule has 2 aromatic heterocycles. The number of rotatable bonds is 3. The number of carbonyl (C=O) groups excluding carboxylic acids is 1. The van der Waals surface area contributed by atoms with E-state index >= 15 is 0 Å². The van der Waals surface area contributed by atoms with Gasteiger partial charge in [0.2, 0.25) is 5.91 Å². The van der Waals surface area contributed by atoms with Gasteiger partial charge in [-0.15, -0.1) is 0 Å². The van der Waals surface area contributed by atoms with Gasteiger partial charge in [0.1, 0.15) is 18.3 Å². The van der Waals surface area contributed by atoms with Crippen LogP contribution in [-0.4, -0.2) is 25.2 Å². The van der Waals surface area contributed by atoms with Crippen molar-refractivity contribution in [2.45, 2.75) is 25.4 Å². The van der Waals surface area contributed by atoms with E-state index in [1.807, 2.05) is 18.2 Å². The Morgan fingerprint density at radius 1 is 1.44 bits per heavy atom. The molecule has 1 N–H and O–H groups in total. The van der Waals surface area contributed by atoms with Gasteiger partial charge in [0.05, 0.1) is 12.2 Å². The molecule has 7 nitrogen and oxygen atoms in total. The lowest BCUT2D eigenvalue weighted by Gasteiger charge is -2.14. The molecule has 3 aromatic rings. The SMILES string of the molecule is Cn1ncc2c(=O)n(CC(=O)N[C@@H]3CCc4cc(Cl)ccc43)cnc21. The van der Waals surface area contributed by atoms with Crippen LogP contribution in [0.3, 0.4) is 0 Å². The number of amides is 1. The maximum Gasteiger partial charge on any atom is 0.264 e. The van der Waals surface area contributed by atoms with Crippen molar-refractivity contribution in [3.05, 3.63) is 57.2 Å². The summed E-state index contributed by atoms with van der Waals surface area (Å²) in [4.78, 5) is 29.0. The average Bonchev–Trinajstić information content (AvgIpc) is 3.14. The maximum absolute atomic E-state index is 12.4. The highest BCUT2D eigenvalue weighted by Gasteiger charge is 2.24. The molecule has 1 atom stereocenters. The zero-order valence-electron chi connectivity index (χ0n) is 13.6. The first kappa shape index (κ1) is 15.8. The lowest BCUT2D eigenvalue weighted by Crippen LogP contribution is -2.34. The second-order valence-corrected chi connectivity index (χ2v) is 6.62. The van der Waals surface area contributed by atoms with Crippen molar-refractivity contribution in [2.75, 3.05) is 0 Å². The quantitative estimate of drug-likeness (QED) is 0.771. The van der Waals surface area contributed by atoms with E-state index in [4.69, 9.17) is 11.6 Å². The Balaban J connectivity index is 1.52. The summed E-state index contributed by atoms with van der Waals surface area (Å²) in [5.74, 6) is -0.222. The summed E-state index contributed by atoms with van der Waals surface area (Å²) in [6, 6.07) is 5.67. The first-order valence-corrected chi connectivity index (χ1v) is 8.35. The fraction of sp³-hybridized carbons (Fsp3) is 0.294. The topological polar surface area (TPSA) is 81.8 Å². The van der Waals surface area contributed by atoms with Crippen LogP contribution in [0.4, 0.5) is 0 Å². The first-order valence-electron chi connectivity index (χ1n) is 7.98. The summed E-state index contributed by atoms with van der Waals surface area (Å²) in [6.45, 7) is -0.0733. The molecule has 4 rings (SSSR count). The van der Waals surface area contributed by atoms with Crippen LogP contribution in [0.5, 0.6) is 0 Å². The molecule has 0 saturated carbocycles. The lowest BCUT2D eigenvalue weighted by atomic mass is 10.1. The number of aromatic nitrogens is 4. The molecule has 0 fully saturated rings. The van der Waals surface area contributed by atoms with Crippen molar-refractivity contribution in [1.29, 1.82) is 0 Å². The number of carbonyl (C=O) groups is 1. The number of halogens is 1. The highest BCUT2D eigenvalue weighted by atomic mass is 35.5. The Labute approximate surface area is 148 Å². The summed E-state index contributed by atoms with van der Waals surface area (Å²) in [5, 5.41) is 8.12. The van der Waals surface area contributed by atoms with Crippen LogP contribution in [-0.2, 0) is 24.8 Å². The largest absolute Gasteiger partial charge is 0.348 e. The predicted molar refractivity (Wildman–Crippen MR) is 93.4 cm³/mol. The monoisotopic (exact) mass is 357 g/mol. The second-order valence-electron chi connectivity index (χ2n) is 6.18. The molecular weight excluding hydrogens is 342 g/mol. The third kappa shape index (κ3) is 2.80. The van der Waals surface area contributed by atoms with E-state index in [2.05, 4.69) is 15.4 Å². The van der Waals surface area contributed by atoms with Gasteiger partial charge in [0.15, 0.2) is 5.65 Å². The molecule has 128 valence electrons. The summed E-state index contributed by atoms with van der Waals surface area (Å²) >= 11 is 6.01. The molecule has 8 heteroatoms. The summed E-state index contributed by atoms with van der Waals surface area (Å²) < 4.78 is 2.83. The smallest absolute Gasteiger partial charge is 0.264 e. The van der Waals surface area contributed by atoms with E-state index in [1.54, 1.807) is 7.05 Å². The molecule has 25 heavy (non-hydrogen) atoms. The van der Waals surface area contributed by atoms with Gasteiger partial charge in [-0.2, -0.15) is 5.10 Å². The minimum atomic E-state index is -0.271. The van der Waals surface area contributed by atoms with Crippen LogP contribution >= 0.6 is 11.6 Å². The van der Waals surface area contributed by atoms with Gasteiger partial charge in [0.25, 0.3) is 5.56 Å². The molecule has 1 aliphatic rings. The normalized spacial score (nSPS) is 16.2. The van der Waals surface area contributed by atoms with Crippen LogP contribution in [0.2, 0.25) is 5.02 Å². The zero-order valence-corrected chi connectivity index (χ0v) is 14.3. The predicted octanol–water partition coefficient (Wildman–Crippen LogP) is 1.59. The van der Waals surface area contributed by atoms with Crippen molar-refractivity contribution in [1.82, 2.24) is 24.6 Å². The van der Waals surface area contributed by atoms with Crippen LogP contribution < -0.4 is 10.9 Å². The molecule has 1 amide bonds. The van der Waals surface area contributed by atoms with Crippen molar-refractivity contribution >= 4 is 28.5 Å². The Hall–Kier alpha value is -2.67. The highest BCUT2D eigenvalue weighted by Crippen LogP contribution is 2.32. The first-order chi connectivity index (χ1) is 12.0. The van der Waals surface area contributed by atoms with Crippen molar-refractivity contribution in [2.24, 2.45) is 7.05 Å². The van der Waals surface area contributed by atoms with Gasteiger partial charge in [-0.3, -0.25) is 18.8 Å². The number of benzene rings is 1. The highest BCUT2D eigenvalue weighted by molar-refractivity contribution is 6.30. The van der Waals surface area contributed by atoms with Gasteiger partial charge in [-0.05, 0) is 36.1 Å².